The Balaban J connectivity index is 0.00000162. The van der Waals surface area contributed by atoms with E-state index in [0.717, 1.165) is 32.2 Å². The maximum Gasteiger partial charge on any atom is 0.0623 e. The highest BCUT2D eigenvalue weighted by molar-refractivity contribution is 7.99. The average Bonchev–Trinajstić information content (AvgIpc) is 2.85. The van der Waals surface area contributed by atoms with Gasteiger partial charge in [-0.3, -0.25) is 0 Å². The Hall–Kier alpha value is 0.520. The molecule has 4 atom stereocenters. The summed E-state index contributed by atoms with van der Waals surface area (Å²) in [5.41, 5.74) is 0. The molecule has 2 aliphatic rings. The van der Waals surface area contributed by atoms with Gasteiger partial charge in [-0.2, -0.15) is 11.8 Å². The fraction of sp³-hybridized carbons (Fsp3) is 1.00. The van der Waals surface area contributed by atoms with Crippen molar-refractivity contribution in [2.24, 2.45) is 5.92 Å². The molecule has 0 radical (unpaired) electrons. The summed E-state index contributed by atoms with van der Waals surface area (Å²) in [6.07, 6.45) is 6.25. The van der Waals surface area contributed by atoms with Crippen LogP contribution in [0.25, 0.3) is 0 Å². The Bertz CT molecular complexity index is 227. The van der Waals surface area contributed by atoms with E-state index in [1.54, 1.807) is 0 Å². The van der Waals surface area contributed by atoms with Crippen LogP contribution in [-0.2, 0) is 4.74 Å². The third-order valence-corrected chi connectivity index (χ3v) is 5.08. The minimum absolute atomic E-state index is 0. The Morgan fingerprint density at radius 3 is 2.94 bits per heavy atom. The molecule has 2 rings (SSSR count). The zero-order valence-corrected chi connectivity index (χ0v) is 13.1. The van der Waals surface area contributed by atoms with Gasteiger partial charge < -0.3 is 15.4 Å². The first kappa shape index (κ1) is 16.6. The zero-order chi connectivity index (χ0) is 12.1. The predicted molar refractivity (Wildman–Crippen MR) is 82.0 cm³/mol. The van der Waals surface area contributed by atoms with Gasteiger partial charge >= 0.3 is 0 Å². The summed E-state index contributed by atoms with van der Waals surface area (Å²) in [5, 5.41) is 8.10. The van der Waals surface area contributed by atoms with Crippen molar-refractivity contribution >= 4 is 24.2 Å². The van der Waals surface area contributed by atoms with Crippen LogP contribution in [-0.4, -0.2) is 49.9 Å². The fourth-order valence-corrected chi connectivity index (χ4v) is 3.25. The largest absolute Gasteiger partial charge is 0.379 e. The number of nitrogens with one attached hydrogen (secondary N) is 2. The van der Waals surface area contributed by atoms with Crippen molar-refractivity contribution in [2.75, 3.05) is 32.6 Å². The van der Waals surface area contributed by atoms with Gasteiger partial charge in [0.25, 0.3) is 0 Å². The summed E-state index contributed by atoms with van der Waals surface area (Å²) in [6.45, 7) is 6.24. The molecule has 0 aromatic carbocycles. The maximum atomic E-state index is 5.60. The molecule has 2 N–H and O–H groups in total. The highest BCUT2D eigenvalue weighted by Crippen LogP contribution is 2.29. The van der Waals surface area contributed by atoms with Gasteiger partial charge in [-0.25, -0.2) is 0 Å². The second-order valence-corrected chi connectivity index (χ2v) is 6.57. The Morgan fingerprint density at radius 2 is 2.28 bits per heavy atom. The predicted octanol–water partition coefficient (Wildman–Crippen LogP) is 1.91. The summed E-state index contributed by atoms with van der Waals surface area (Å²) < 4.78 is 5.60. The monoisotopic (exact) mass is 294 g/mol. The molecule has 1 aliphatic carbocycles. The van der Waals surface area contributed by atoms with E-state index >= 15 is 0 Å². The van der Waals surface area contributed by atoms with Crippen molar-refractivity contribution in [1.82, 2.24) is 10.6 Å². The van der Waals surface area contributed by atoms with E-state index in [2.05, 4.69) is 23.8 Å². The zero-order valence-electron chi connectivity index (χ0n) is 11.5. The molecule has 3 nitrogen and oxygen atoms in total. The smallest absolute Gasteiger partial charge is 0.0623 e. The van der Waals surface area contributed by atoms with Crippen LogP contribution in [0.15, 0.2) is 0 Å². The van der Waals surface area contributed by atoms with Gasteiger partial charge in [0.2, 0.25) is 0 Å². The highest BCUT2D eigenvalue weighted by atomic mass is 35.5. The van der Waals surface area contributed by atoms with Gasteiger partial charge in [0.05, 0.1) is 13.2 Å². The Morgan fingerprint density at radius 1 is 1.44 bits per heavy atom. The Kier molecular flexibility index (Phi) is 7.96. The lowest BCUT2D eigenvalue weighted by Gasteiger charge is -2.33. The lowest BCUT2D eigenvalue weighted by atomic mass is 9.94. The van der Waals surface area contributed by atoms with Gasteiger partial charge in [-0.05, 0) is 25.0 Å². The second-order valence-electron chi connectivity index (χ2n) is 5.29. The van der Waals surface area contributed by atoms with Crippen LogP contribution in [0.1, 0.15) is 26.2 Å². The van der Waals surface area contributed by atoms with Crippen LogP contribution < -0.4 is 10.6 Å². The van der Waals surface area contributed by atoms with Crippen LogP contribution in [0.2, 0.25) is 0 Å². The van der Waals surface area contributed by atoms with Crippen molar-refractivity contribution in [2.45, 2.75) is 43.5 Å². The molecule has 1 saturated heterocycles. The molecule has 0 amide bonds. The first-order chi connectivity index (χ1) is 8.31. The third kappa shape index (κ3) is 4.57. The number of morpholine rings is 1. The van der Waals surface area contributed by atoms with Crippen molar-refractivity contribution in [3.8, 4) is 0 Å². The van der Waals surface area contributed by atoms with Gasteiger partial charge in [0.1, 0.15) is 0 Å². The van der Waals surface area contributed by atoms with E-state index in [0.29, 0.717) is 17.3 Å². The minimum Gasteiger partial charge on any atom is -0.379 e. The van der Waals surface area contributed by atoms with E-state index in [-0.39, 0.29) is 12.4 Å². The quantitative estimate of drug-likeness (QED) is 0.811. The first-order valence-corrected chi connectivity index (χ1v) is 8.17. The molecular weight excluding hydrogens is 268 g/mol. The molecule has 18 heavy (non-hydrogen) atoms. The molecule has 4 unspecified atom stereocenters. The number of ether oxygens (including phenoxy) is 1. The Labute approximate surface area is 122 Å². The van der Waals surface area contributed by atoms with E-state index in [4.69, 9.17) is 4.74 Å². The van der Waals surface area contributed by atoms with Crippen molar-refractivity contribution in [3.05, 3.63) is 0 Å². The number of thioether (sulfide) groups is 1. The maximum absolute atomic E-state index is 5.60. The van der Waals surface area contributed by atoms with Crippen LogP contribution in [0.4, 0.5) is 0 Å². The number of rotatable bonds is 5. The SMILES string of the molecule is CSC(C)CNC1CCCC1C1COCCN1.Cl. The molecule has 0 spiro atoms. The average molecular weight is 295 g/mol. The molecule has 0 bridgehead atoms. The summed E-state index contributed by atoms with van der Waals surface area (Å²) in [5.74, 6) is 0.768. The minimum atomic E-state index is 0. The van der Waals surface area contributed by atoms with E-state index in [9.17, 15) is 0 Å². The standard InChI is InChI=1S/C13H26N2OS.ClH/c1-10(17-2)8-15-12-5-3-4-11(12)13-9-16-7-6-14-13;/h10-15H,3-9H2,1-2H3;1H. The molecule has 5 heteroatoms. The van der Waals surface area contributed by atoms with Crippen molar-refractivity contribution < 1.29 is 4.74 Å². The van der Waals surface area contributed by atoms with Crippen LogP contribution in [0, 0.1) is 5.92 Å². The summed E-state index contributed by atoms with van der Waals surface area (Å²) in [4.78, 5) is 0. The lowest BCUT2D eigenvalue weighted by Crippen LogP contribution is -2.51. The molecule has 1 aliphatic heterocycles. The molecule has 0 aromatic heterocycles. The van der Waals surface area contributed by atoms with Crippen LogP contribution >= 0.6 is 24.2 Å². The molecule has 1 heterocycles. The summed E-state index contributed by atoms with van der Waals surface area (Å²) in [6, 6.07) is 1.28. The van der Waals surface area contributed by atoms with Crippen LogP contribution in [0.3, 0.4) is 0 Å². The topological polar surface area (TPSA) is 33.3 Å². The molecule has 2 fully saturated rings. The molecular formula is C13H27ClN2OS. The normalized spacial score (nSPS) is 34.0. The number of hydrogen-bond acceptors (Lipinski definition) is 4. The van der Waals surface area contributed by atoms with Crippen molar-refractivity contribution in [1.29, 1.82) is 0 Å². The highest BCUT2D eigenvalue weighted by Gasteiger charge is 2.34. The van der Waals surface area contributed by atoms with Crippen molar-refractivity contribution in [3.63, 3.8) is 0 Å². The van der Waals surface area contributed by atoms with Gasteiger partial charge in [0.15, 0.2) is 0 Å². The number of hydrogen-bond donors (Lipinski definition) is 2. The van der Waals surface area contributed by atoms with E-state index in [1.165, 1.54) is 19.3 Å². The van der Waals surface area contributed by atoms with Gasteiger partial charge in [-0.1, -0.05) is 13.3 Å². The summed E-state index contributed by atoms with van der Waals surface area (Å²) in [7, 11) is 0. The van der Waals surface area contributed by atoms with E-state index in [1.807, 2.05) is 11.8 Å². The number of halogens is 1. The third-order valence-electron chi connectivity index (χ3n) is 4.11. The first-order valence-electron chi connectivity index (χ1n) is 6.88. The summed E-state index contributed by atoms with van der Waals surface area (Å²) >= 11 is 1.94. The fourth-order valence-electron chi connectivity index (χ4n) is 2.99. The molecule has 1 saturated carbocycles. The van der Waals surface area contributed by atoms with Gasteiger partial charge in [-0.15, -0.1) is 12.4 Å². The van der Waals surface area contributed by atoms with E-state index < -0.39 is 0 Å². The molecule has 0 aromatic rings. The molecule has 108 valence electrons. The second kappa shape index (κ2) is 8.64. The van der Waals surface area contributed by atoms with Gasteiger partial charge in [0, 0.05) is 30.4 Å². The lowest BCUT2D eigenvalue weighted by molar-refractivity contribution is 0.0526. The van der Waals surface area contributed by atoms with Crippen LogP contribution in [0.5, 0.6) is 0 Å².